The van der Waals surface area contributed by atoms with Gasteiger partial charge in [0.25, 0.3) is 5.91 Å². The molecule has 3 aromatic carbocycles. The Morgan fingerprint density at radius 1 is 0.938 bits per heavy atom. The molecular weight excluding hydrogens is 411 g/mol. The fourth-order valence-corrected chi connectivity index (χ4v) is 2.96. The van der Waals surface area contributed by atoms with Gasteiger partial charge in [0.1, 0.15) is 11.6 Å². The lowest BCUT2D eigenvalue weighted by molar-refractivity contribution is 0.102. The topological polar surface area (TPSA) is 89.3 Å². The molecule has 0 fully saturated rings. The van der Waals surface area contributed by atoms with Gasteiger partial charge in [-0.15, -0.1) is 10.2 Å². The zero-order valence-electron chi connectivity index (χ0n) is 17.3. The molecule has 0 atom stereocenters. The largest absolute Gasteiger partial charge is 0.494 e. The van der Waals surface area contributed by atoms with Crippen molar-refractivity contribution in [3.63, 3.8) is 0 Å². The fourth-order valence-electron chi connectivity index (χ4n) is 2.96. The van der Waals surface area contributed by atoms with Crippen molar-refractivity contribution < 1.29 is 18.3 Å². The minimum absolute atomic E-state index is 0.207. The van der Waals surface area contributed by atoms with Crippen molar-refractivity contribution in [3.8, 4) is 17.2 Å². The molecular formula is C24H21FN4O3. The maximum absolute atomic E-state index is 13.0. The molecule has 0 aliphatic carbocycles. The van der Waals surface area contributed by atoms with Crippen LogP contribution < -0.4 is 15.4 Å². The number of carbonyl (C=O) groups is 1. The minimum atomic E-state index is -0.327. The van der Waals surface area contributed by atoms with Gasteiger partial charge in [-0.1, -0.05) is 0 Å². The van der Waals surface area contributed by atoms with Crippen molar-refractivity contribution in [1.82, 2.24) is 10.2 Å². The summed E-state index contributed by atoms with van der Waals surface area (Å²) in [5.41, 5.74) is 2.66. The molecule has 2 N–H and O–H groups in total. The summed E-state index contributed by atoms with van der Waals surface area (Å²) in [6.45, 7) is 2.82. The first-order valence-electron chi connectivity index (χ1n) is 10.1. The van der Waals surface area contributed by atoms with Crippen molar-refractivity contribution in [2.45, 2.75) is 13.5 Å². The third kappa shape index (κ3) is 5.28. The molecule has 8 heteroatoms. The van der Waals surface area contributed by atoms with Crippen LogP contribution in [0.5, 0.6) is 5.75 Å². The fraction of sp³-hybridized carbons (Fsp3) is 0.125. The molecule has 7 nitrogen and oxygen atoms in total. The number of nitrogens with one attached hydrogen (secondary N) is 2. The molecule has 0 bridgehead atoms. The van der Waals surface area contributed by atoms with E-state index in [0.717, 1.165) is 11.4 Å². The molecule has 32 heavy (non-hydrogen) atoms. The SMILES string of the molecule is CCOc1ccc(NC(=O)c2ccc(NCc3nnc(-c4ccc(F)cc4)o3)cc2)cc1. The van der Waals surface area contributed by atoms with Gasteiger partial charge in [0, 0.05) is 22.5 Å². The van der Waals surface area contributed by atoms with Crippen LogP contribution in [0.1, 0.15) is 23.2 Å². The molecule has 0 unspecified atom stereocenters. The number of hydrogen-bond donors (Lipinski definition) is 2. The smallest absolute Gasteiger partial charge is 0.255 e. The van der Waals surface area contributed by atoms with Crippen LogP contribution in [0.25, 0.3) is 11.5 Å². The van der Waals surface area contributed by atoms with Gasteiger partial charge in [-0.05, 0) is 79.7 Å². The average molecular weight is 432 g/mol. The third-order valence-corrected chi connectivity index (χ3v) is 4.57. The quantitative estimate of drug-likeness (QED) is 0.401. The number of hydrogen-bond acceptors (Lipinski definition) is 6. The first kappa shape index (κ1) is 21.0. The molecule has 0 saturated carbocycles. The second-order valence-electron chi connectivity index (χ2n) is 6.85. The van der Waals surface area contributed by atoms with E-state index < -0.39 is 0 Å². The van der Waals surface area contributed by atoms with Gasteiger partial charge in [-0.3, -0.25) is 4.79 Å². The predicted molar refractivity (Wildman–Crippen MR) is 119 cm³/mol. The number of nitrogens with zero attached hydrogens (tertiary/aromatic N) is 2. The Hall–Kier alpha value is -4.20. The number of aromatic nitrogens is 2. The highest BCUT2D eigenvalue weighted by molar-refractivity contribution is 6.04. The van der Waals surface area contributed by atoms with E-state index in [-0.39, 0.29) is 11.7 Å². The summed E-state index contributed by atoms with van der Waals surface area (Å²) in [5, 5.41) is 14.0. The highest BCUT2D eigenvalue weighted by Crippen LogP contribution is 2.20. The van der Waals surface area contributed by atoms with Crippen LogP contribution in [0.15, 0.2) is 77.2 Å². The lowest BCUT2D eigenvalue weighted by atomic mass is 10.2. The number of ether oxygens (including phenoxy) is 1. The van der Waals surface area contributed by atoms with Crippen LogP contribution >= 0.6 is 0 Å². The lowest BCUT2D eigenvalue weighted by Crippen LogP contribution is -2.11. The number of halogens is 1. The van der Waals surface area contributed by atoms with Gasteiger partial charge in [0.2, 0.25) is 11.8 Å². The van der Waals surface area contributed by atoms with Crippen LogP contribution in [0.2, 0.25) is 0 Å². The molecule has 1 heterocycles. The van der Waals surface area contributed by atoms with Crippen LogP contribution in [-0.2, 0) is 6.54 Å². The molecule has 0 saturated heterocycles. The zero-order valence-corrected chi connectivity index (χ0v) is 17.3. The molecule has 1 aromatic heterocycles. The number of amides is 1. The van der Waals surface area contributed by atoms with E-state index >= 15 is 0 Å². The molecule has 0 aliphatic heterocycles. The minimum Gasteiger partial charge on any atom is -0.494 e. The van der Waals surface area contributed by atoms with Gasteiger partial charge in [0.05, 0.1) is 13.2 Å². The summed E-state index contributed by atoms with van der Waals surface area (Å²) in [5.74, 6) is 0.935. The van der Waals surface area contributed by atoms with Crippen molar-refractivity contribution in [2.75, 3.05) is 17.2 Å². The molecule has 0 spiro atoms. The van der Waals surface area contributed by atoms with Crippen molar-refractivity contribution in [2.24, 2.45) is 0 Å². The predicted octanol–water partition coefficient (Wildman–Crippen LogP) is 5.14. The lowest BCUT2D eigenvalue weighted by Gasteiger charge is -2.08. The molecule has 0 radical (unpaired) electrons. The van der Waals surface area contributed by atoms with Crippen LogP contribution in [-0.4, -0.2) is 22.7 Å². The van der Waals surface area contributed by atoms with E-state index in [0.29, 0.717) is 41.7 Å². The van der Waals surface area contributed by atoms with Crippen LogP contribution in [0.4, 0.5) is 15.8 Å². The van der Waals surface area contributed by atoms with Crippen molar-refractivity contribution in [3.05, 3.63) is 90.1 Å². The van der Waals surface area contributed by atoms with E-state index in [1.807, 2.05) is 19.1 Å². The standard InChI is InChI=1S/C24H21FN4O3/c1-2-31-21-13-11-20(12-14-21)27-23(30)16-5-9-19(10-6-16)26-15-22-28-29-24(32-22)17-3-7-18(25)8-4-17/h3-14,26H,2,15H2,1H3,(H,27,30). The van der Waals surface area contributed by atoms with Gasteiger partial charge in [-0.2, -0.15) is 0 Å². The average Bonchev–Trinajstić information content (AvgIpc) is 3.29. The normalized spacial score (nSPS) is 10.6. The van der Waals surface area contributed by atoms with Gasteiger partial charge in [0.15, 0.2) is 0 Å². The Balaban J connectivity index is 1.32. The Bertz CT molecular complexity index is 1170. The second kappa shape index (κ2) is 9.74. The second-order valence-corrected chi connectivity index (χ2v) is 6.85. The Kier molecular flexibility index (Phi) is 6.41. The Morgan fingerprint density at radius 3 is 2.31 bits per heavy atom. The number of rotatable bonds is 8. The summed E-state index contributed by atoms with van der Waals surface area (Å²) in [6.07, 6.45) is 0. The summed E-state index contributed by atoms with van der Waals surface area (Å²) in [7, 11) is 0. The van der Waals surface area contributed by atoms with Gasteiger partial charge >= 0.3 is 0 Å². The zero-order chi connectivity index (χ0) is 22.3. The summed E-state index contributed by atoms with van der Waals surface area (Å²) in [6, 6.07) is 20.1. The van der Waals surface area contributed by atoms with Crippen LogP contribution in [0, 0.1) is 5.82 Å². The summed E-state index contributed by atoms with van der Waals surface area (Å²) in [4.78, 5) is 12.5. The Morgan fingerprint density at radius 2 is 1.62 bits per heavy atom. The molecule has 162 valence electrons. The first-order chi connectivity index (χ1) is 15.6. The van der Waals surface area contributed by atoms with Gasteiger partial charge < -0.3 is 19.8 Å². The van der Waals surface area contributed by atoms with E-state index in [9.17, 15) is 9.18 Å². The third-order valence-electron chi connectivity index (χ3n) is 4.57. The Labute approximate surface area is 184 Å². The highest BCUT2D eigenvalue weighted by atomic mass is 19.1. The summed E-state index contributed by atoms with van der Waals surface area (Å²) < 4.78 is 24.0. The van der Waals surface area contributed by atoms with E-state index in [2.05, 4.69) is 20.8 Å². The molecule has 1 amide bonds. The van der Waals surface area contributed by atoms with Crippen molar-refractivity contribution in [1.29, 1.82) is 0 Å². The molecule has 4 rings (SSSR count). The number of carbonyl (C=O) groups excluding carboxylic acids is 1. The van der Waals surface area contributed by atoms with E-state index in [1.54, 1.807) is 48.5 Å². The summed E-state index contributed by atoms with van der Waals surface area (Å²) >= 11 is 0. The molecule has 4 aromatic rings. The van der Waals surface area contributed by atoms with E-state index in [4.69, 9.17) is 9.15 Å². The number of anilines is 2. The van der Waals surface area contributed by atoms with E-state index in [1.165, 1.54) is 12.1 Å². The van der Waals surface area contributed by atoms with Crippen LogP contribution in [0.3, 0.4) is 0 Å². The van der Waals surface area contributed by atoms with Crippen molar-refractivity contribution >= 4 is 17.3 Å². The molecule has 0 aliphatic rings. The number of benzene rings is 3. The maximum atomic E-state index is 13.0. The maximum Gasteiger partial charge on any atom is 0.255 e. The highest BCUT2D eigenvalue weighted by Gasteiger charge is 2.10. The first-order valence-corrected chi connectivity index (χ1v) is 10.1. The van der Waals surface area contributed by atoms with Gasteiger partial charge in [-0.25, -0.2) is 4.39 Å². The monoisotopic (exact) mass is 432 g/mol.